The van der Waals surface area contributed by atoms with Crippen molar-refractivity contribution in [2.45, 2.75) is 38.1 Å². The van der Waals surface area contributed by atoms with Gasteiger partial charge in [0, 0.05) is 20.3 Å². The average Bonchev–Trinajstić information content (AvgIpc) is 2.90. The van der Waals surface area contributed by atoms with Crippen molar-refractivity contribution >= 4 is 27.3 Å². The molecule has 3 rings (SSSR count). The van der Waals surface area contributed by atoms with E-state index in [0.717, 1.165) is 6.42 Å². The average molecular weight is 350 g/mol. The first-order chi connectivity index (χ1) is 9.78. The zero-order chi connectivity index (χ0) is 13.9. The van der Waals surface area contributed by atoms with Crippen LogP contribution in [-0.2, 0) is 19.3 Å². The minimum Gasteiger partial charge on any atom is -0.312 e. The van der Waals surface area contributed by atoms with E-state index in [1.54, 1.807) is 10.4 Å². The molecule has 1 unspecified atom stereocenters. The molecule has 2 aromatic rings. The Kier molecular flexibility index (Phi) is 4.59. The van der Waals surface area contributed by atoms with Gasteiger partial charge in [0.15, 0.2) is 0 Å². The van der Waals surface area contributed by atoms with Gasteiger partial charge in [0.1, 0.15) is 0 Å². The molecular formula is C17H20BrNS. The van der Waals surface area contributed by atoms with Crippen molar-refractivity contribution < 1.29 is 0 Å². The van der Waals surface area contributed by atoms with Crippen LogP contribution >= 0.6 is 27.3 Å². The largest absolute Gasteiger partial charge is 0.312 e. The lowest BCUT2D eigenvalue weighted by atomic mass is 9.98. The van der Waals surface area contributed by atoms with Gasteiger partial charge in [-0.25, -0.2) is 0 Å². The van der Waals surface area contributed by atoms with Gasteiger partial charge in [0.2, 0.25) is 0 Å². The summed E-state index contributed by atoms with van der Waals surface area (Å²) in [7, 11) is 2.07. The Labute approximate surface area is 133 Å². The van der Waals surface area contributed by atoms with Crippen molar-refractivity contribution in [3.63, 3.8) is 0 Å². The van der Waals surface area contributed by atoms with Gasteiger partial charge in [0.25, 0.3) is 0 Å². The van der Waals surface area contributed by atoms with E-state index in [2.05, 4.69) is 58.6 Å². The van der Waals surface area contributed by atoms with Crippen LogP contribution in [0, 0.1) is 0 Å². The van der Waals surface area contributed by atoms with Crippen LogP contribution in [0.15, 0.2) is 34.8 Å². The number of thiophene rings is 1. The smallest absolute Gasteiger partial charge is 0.0453 e. The zero-order valence-electron chi connectivity index (χ0n) is 11.8. The molecule has 1 aromatic heterocycles. The predicted octanol–water partition coefficient (Wildman–Crippen LogP) is 4.89. The Morgan fingerprint density at radius 2 is 2.05 bits per heavy atom. The van der Waals surface area contributed by atoms with Gasteiger partial charge in [0.05, 0.1) is 0 Å². The van der Waals surface area contributed by atoms with Gasteiger partial charge >= 0.3 is 0 Å². The maximum atomic E-state index is 3.66. The highest BCUT2D eigenvalue weighted by molar-refractivity contribution is 9.10. The molecule has 0 fully saturated rings. The summed E-state index contributed by atoms with van der Waals surface area (Å²) in [6.45, 7) is 0. The van der Waals surface area contributed by atoms with Gasteiger partial charge in [-0.15, -0.1) is 11.3 Å². The van der Waals surface area contributed by atoms with Gasteiger partial charge in [-0.2, -0.15) is 0 Å². The molecule has 3 heteroatoms. The molecule has 0 saturated carbocycles. The number of hydrogen-bond donors (Lipinski definition) is 1. The summed E-state index contributed by atoms with van der Waals surface area (Å²) in [6.07, 6.45) is 6.32. The fraction of sp³-hybridized carbons (Fsp3) is 0.412. The first-order valence-electron chi connectivity index (χ1n) is 7.30. The molecule has 1 nitrogen and oxygen atoms in total. The number of aryl methyl sites for hydroxylation is 2. The Hall–Kier alpha value is -0.640. The third-order valence-electron chi connectivity index (χ3n) is 4.09. The van der Waals surface area contributed by atoms with Crippen LogP contribution in [0.25, 0.3) is 0 Å². The maximum Gasteiger partial charge on any atom is 0.0453 e. The molecule has 0 spiro atoms. The van der Waals surface area contributed by atoms with Gasteiger partial charge in [-0.3, -0.25) is 0 Å². The Morgan fingerprint density at radius 1 is 1.25 bits per heavy atom. The highest BCUT2D eigenvalue weighted by atomic mass is 79.9. The van der Waals surface area contributed by atoms with Crippen molar-refractivity contribution in [3.05, 3.63) is 55.7 Å². The summed E-state index contributed by atoms with van der Waals surface area (Å²) in [4.78, 5) is 3.12. The van der Waals surface area contributed by atoms with Crippen LogP contribution in [0.3, 0.4) is 0 Å². The fourth-order valence-electron chi connectivity index (χ4n) is 2.91. The van der Waals surface area contributed by atoms with Crippen LogP contribution in [-0.4, -0.2) is 7.05 Å². The monoisotopic (exact) mass is 349 g/mol. The van der Waals surface area contributed by atoms with Crippen molar-refractivity contribution in [1.82, 2.24) is 5.32 Å². The highest BCUT2D eigenvalue weighted by Gasteiger charge is 2.19. The second kappa shape index (κ2) is 6.42. The van der Waals surface area contributed by atoms with Crippen LogP contribution in [0.5, 0.6) is 0 Å². The maximum absolute atomic E-state index is 3.66. The molecular weight excluding hydrogens is 330 g/mol. The van der Waals surface area contributed by atoms with Gasteiger partial charge in [-0.1, -0.05) is 34.1 Å². The topological polar surface area (TPSA) is 12.0 Å². The van der Waals surface area contributed by atoms with E-state index in [-0.39, 0.29) is 0 Å². The highest BCUT2D eigenvalue weighted by Crippen LogP contribution is 2.34. The fourth-order valence-corrected chi connectivity index (χ4v) is 4.73. The molecule has 0 bridgehead atoms. The molecule has 1 heterocycles. The summed E-state index contributed by atoms with van der Waals surface area (Å²) in [6, 6.07) is 11.4. The molecule has 1 atom stereocenters. The first-order valence-corrected chi connectivity index (χ1v) is 8.91. The van der Waals surface area contributed by atoms with E-state index in [9.17, 15) is 0 Å². The number of benzene rings is 1. The van der Waals surface area contributed by atoms with E-state index in [1.165, 1.54) is 40.6 Å². The molecule has 106 valence electrons. The normalized spacial score (nSPS) is 15.9. The van der Waals surface area contributed by atoms with Crippen molar-refractivity contribution in [1.29, 1.82) is 0 Å². The van der Waals surface area contributed by atoms with E-state index >= 15 is 0 Å². The van der Waals surface area contributed by atoms with Crippen LogP contribution < -0.4 is 5.32 Å². The molecule has 1 aromatic carbocycles. The molecule has 0 amide bonds. The molecule has 1 N–H and O–H groups in total. The van der Waals surface area contributed by atoms with Gasteiger partial charge < -0.3 is 5.32 Å². The summed E-state index contributed by atoms with van der Waals surface area (Å²) < 4.78 is 1.21. The number of hydrogen-bond acceptors (Lipinski definition) is 2. The third-order valence-corrected chi connectivity index (χ3v) is 6.21. The number of halogens is 1. The molecule has 0 radical (unpaired) electrons. The lowest BCUT2D eigenvalue weighted by Crippen LogP contribution is -2.17. The van der Waals surface area contributed by atoms with Crippen molar-refractivity contribution in [3.8, 4) is 0 Å². The minimum atomic E-state index is 0.421. The number of nitrogens with one attached hydrogen (secondary N) is 1. The number of fused-ring (bicyclic) bond motifs is 1. The molecule has 0 aliphatic heterocycles. The first kappa shape index (κ1) is 14.3. The predicted molar refractivity (Wildman–Crippen MR) is 90.6 cm³/mol. The van der Waals surface area contributed by atoms with Crippen LogP contribution in [0.1, 0.15) is 39.8 Å². The Bertz CT molecular complexity index is 567. The summed E-state index contributed by atoms with van der Waals surface area (Å²) in [5, 5.41) is 3.49. The van der Waals surface area contributed by atoms with Crippen LogP contribution in [0.4, 0.5) is 0 Å². The standard InChI is InChI=1S/C17H20BrNS/c1-19-15(10-12-6-2-4-8-14(12)18)17-11-13-7-3-5-9-16(13)20-17/h2,4,6,8,11,15,19H,3,5,7,9-10H2,1H3. The summed E-state index contributed by atoms with van der Waals surface area (Å²) >= 11 is 5.67. The quantitative estimate of drug-likeness (QED) is 0.828. The molecule has 1 aliphatic carbocycles. The Morgan fingerprint density at radius 3 is 2.80 bits per heavy atom. The Balaban J connectivity index is 1.83. The zero-order valence-corrected chi connectivity index (χ0v) is 14.2. The van der Waals surface area contributed by atoms with Crippen LogP contribution in [0.2, 0.25) is 0 Å². The third kappa shape index (κ3) is 3.00. The minimum absolute atomic E-state index is 0.421. The summed E-state index contributed by atoms with van der Waals surface area (Å²) in [5.74, 6) is 0. The van der Waals surface area contributed by atoms with E-state index < -0.39 is 0 Å². The number of rotatable bonds is 4. The van der Waals surface area contributed by atoms with Gasteiger partial charge in [-0.05, 0) is 62.4 Å². The lowest BCUT2D eigenvalue weighted by molar-refractivity contribution is 0.600. The van der Waals surface area contributed by atoms with Crippen molar-refractivity contribution in [2.24, 2.45) is 0 Å². The number of likely N-dealkylation sites (N-methyl/N-ethyl adjacent to an activating group) is 1. The second-order valence-electron chi connectivity index (χ2n) is 5.44. The van der Waals surface area contributed by atoms with E-state index in [4.69, 9.17) is 0 Å². The lowest BCUT2D eigenvalue weighted by Gasteiger charge is -2.15. The molecule has 0 saturated heterocycles. The van der Waals surface area contributed by atoms with E-state index in [1.807, 2.05) is 11.3 Å². The van der Waals surface area contributed by atoms with Crippen molar-refractivity contribution in [2.75, 3.05) is 7.05 Å². The van der Waals surface area contributed by atoms with E-state index in [0.29, 0.717) is 6.04 Å². The SMILES string of the molecule is CNC(Cc1ccccc1Br)c1cc2c(s1)CCCC2. The molecule has 20 heavy (non-hydrogen) atoms. The summed E-state index contributed by atoms with van der Waals surface area (Å²) in [5.41, 5.74) is 2.97. The second-order valence-corrected chi connectivity index (χ2v) is 7.46. The molecule has 1 aliphatic rings.